The summed E-state index contributed by atoms with van der Waals surface area (Å²) in [4.78, 5) is 4.35. The highest BCUT2D eigenvalue weighted by atomic mass is 35.5. The molecule has 1 aromatic heterocycles. The topological polar surface area (TPSA) is 38.9 Å². The molecule has 0 aromatic carbocycles. The van der Waals surface area contributed by atoms with E-state index in [0.29, 0.717) is 11.8 Å². The first kappa shape index (κ1) is 10.9. The Morgan fingerprint density at radius 2 is 2.33 bits per heavy atom. The standard InChI is InChI=1S/C11H17ClN2O/c1-3-8-4-5-9(6-8)10-13-11(7(2)12)15-14-10/h7-9H,3-6H2,1-2H3. The van der Waals surface area contributed by atoms with Crippen molar-refractivity contribution in [2.24, 2.45) is 5.92 Å². The van der Waals surface area contributed by atoms with E-state index >= 15 is 0 Å². The molecule has 1 aromatic rings. The summed E-state index contributed by atoms with van der Waals surface area (Å²) in [7, 11) is 0. The normalized spacial score (nSPS) is 28.2. The lowest BCUT2D eigenvalue weighted by molar-refractivity contribution is 0.369. The zero-order valence-corrected chi connectivity index (χ0v) is 10.00. The van der Waals surface area contributed by atoms with Gasteiger partial charge in [-0.1, -0.05) is 18.5 Å². The Balaban J connectivity index is 2.04. The summed E-state index contributed by atoms with van der Waals surface area (Å²) >= 11 is 5.88. The van der Waals surface area contributed by atoms with Gasteiger partial charge in [0.05, 0.1) is 0 Å². The SMILES string of the molecule is CCC1CCC(c2noc(C(C)Cl)n2)C1. The summed E-state index contributed by atoms with van der Waals surface area (Å²) in [5, 5.41) is 3.83. The lowest BCUT2D eigenvalue weighted by Gasteiger charge is -2.04. The zero-order chi connectivity index (χ0) is 10.8. The molecule has 3 atom stereocenters. The van der Waals surface area contributed by atoms with Crippen LogP contribution in [0, 0.1) is 5.92 Å². The number of hydrogen-bond acceptors (Lipinski definition) is 3. The predicted molar refractivity (Wildman–Crippen MR) is 58.9 cm³/mol. The molecule has 0 saturated heterocycles. The first-order chi connectivity index (χ1) is 7.20. The predicted octanol–water partition coefficient (Wildman–Crippen LogP) is 3.66. The Bertz CT molecular complexity index is 324. The van der Waals surface area contributed by atoms with E-state index in [2.05, 4.69) is 17.1 Å². The molecule has 2 rings (SSSR count). The fraction of sp³-hybridized carbons (Fsp3) is 0.818. The van der Waals surface area contributed by atoms with Gasteiger partial charge in [0, 0.05) is 5.92 Å². The average Bonchev–Trinajstić information content (AvgIpc) is 2.86. The van der Waals surface area contributed by atoms with E-state index in [1.807, 2.05) is 6.92 Å². The van der Waals surface area contributed by atoms with Crippen LogP contribution in [0.5, 0.6) is 0 Å². The number of hydrogen-bond donors (Lipinski definition) is 0. The summed E-state index contributed by atoms with van der Waals surface area (Å²) in [6, 6.07) is 0. The lowest BCUT2D eigenvalue weighted by Crippen LogP contribution is -1.97. The van der Waals surface area contributed by atoms with Gasteiger partial charge in [0.15, 0.2) is 5.82 Å². The summed E-state index contributed by atoms with van der Waals surface area (Å²) < 4.78 is 5.11. The van der Waals surface area contributed by atoms with Gasteiger partial charge in [-0.3, -0.25) is 0 Å². The molecule has 1 aliphatic carbocycles. The Hall–Kier alpha value is -0.570. The van der Waals surface area contributed by atoms with Crippen molar-refractivity contribution in [2.45, 2.75) is 50.8 Å². The maximum atomic E-state index is 5.88. The maximum Gasteiger partial charge on any atom is 0.244 e. The van der Waals surface area contributed by atoms with Crippen molar-refractivity contribution in [1.29, 1.82) is 0 Å². The van der Waals surface area contributed by atoms with Crippen LogP contribution in [0.4, 0.5) is 0 Å². The van der Waals surface area contributed by atoms with Gasteiger partial charge in [-0.2, -0.15) is 4.98 Å². The second kappa shape index (κ2) is 4.52. The fourth-order valence-electron chi connectivity index (χ4n) is 2.25. The van der Waals surface area contributed by atoms with E-state index < -0.39 is 0 Å². The molecule has 0 N–H and O–H groups in total. The third kappa shape index (κ3) is 2.33. The van der Waals surface area contributed by atoms with Crippen molar-refractivity contribution in [3.63, 3.8) is 0 Å². The van der Waals surface area contributed by atoms with Gasteiger partial charge in [-0.25, -0.2) is 0 Å². The molecule has 1 heterocycles. The smallest absolute Gasteiger partial charge is 0.244 e. The van der Waals surface area contributed by atoms with Crippen molar-refractivity contribution < 1.29 is 4.52 Å². The molecule has 1 saturated carbocycles. The molecule has 1 fully saturated rings. The van der Waals surface area contributed by atoms with Crippen LogP contribution in [0.2, 0.25) is 0 Å². The van der Waals surface area contributed by atoms with E-state index in [-0.39, 0.29) is 5.38 Å². The van der Waals surface area contributed by atoms with Crippen molar-refractivity contribution in [2.75, 3.05) is 0 Å². The van der Waals surface area contributed by atoms with Gasteiger partial charge in [0.25, 0.3) is 0 Å². The molecule has 3 unspecified atom stereocenters. The van der Waals surface area contributed by atoms with Gasteiger partial charge in [-0.15, -0.1) is 11.6 Å². The van der Waals surface area contributed by atoms with Crippen molar-refractivity contribution >= 4 is 11.6 Å². The molecular formula is C11H17ClN2O. The number of alkyl halides is 1. The lowest BCUT2D eigenvalue weighted by atomic mass is 10.0. The minimum Gasteiger partial charge on any atom is -0.338 e. The van der Waals surface area contributed by atoms with E-state index in [1.165, 1.54) is 25.7 Å². The highest BCUT2D eigenvalue weighted by Crippen LogP contribution is 2.38. The molecule has 0 radical (unpaired) electrons. The van der Waals surface area contributed by atoms with Crippen LogP contribution in [0.1, 0.15) is 62.5 Å². The first-order valence-corrected chi connectivity index (χ1v) is 6.12. The molecule has 1 aliphatic rings. The number of rotatable bonds is 3. The van der Waals surface area contributed by atoms with Gasteiger partial charge in [0.1, 0.15) is 5.38 Å². The molecule has 0 amide bonds. The van der Waals surface area contributed by atoms with Gasteiger partial charge in [-0.05, 0) is 32.1 Å². The molecule has 4 heteroatoms. The third-order valence-electron chi connectivity index (χ3n) is 3.28. The van der Waals surface area contributed by atoms with Gasteiger partial charge in [0.2, 0.25) is 5.89 Å². The van der Waals surface area contributed by atoms with E-state index in [9.17, 15) is 0 Å². The quantitative estimate of drug-likeness (QED) is 0.741. The maximum absolute atomic E-state index is 5.88. The van der Waals surface area contributed by atoms with Crippen LogP contribution < -0.4 is 0 Å². The summed E-state index contributed by atoms with van der Waals surface area (Å²) in [5.41, 5.74) is 0. The largest absolute Gasteiger partial charge is 0.338 e. The van der Waals surface area contributed by atoms with E-state index in [0.717, 1.165) is 11.7 Å². The third-order valence-corrected chi connectivity index (χ3v) is 3.47. The molecule has 0 aliphatic heterocycles. The molecule has 0 bridgehead atoms. The molecule has 0 spiro atoms. The second-order valence-corrected chi connectivity index (χ2v) is 5.05. The Labute approximate surface area is 95.2 Å². The van der Waals surface area contributed by atoms with Crippen LogP contribution in [0.25, 0.3) is 0 Å². The molecule has 84 valence electrons. The van der Waals surface area contributed by atoms with Crippen LogP contribution in [0.3, 0.4) is 0 Å². The van der Waals surface area contributed by atoms with E-state index in [1.54, 1.807) is 0 Å². The molecule has 15 heavy (non-hydrogen) atoms. The molecule has 3 nitrogen and oxygen atoms in total. The first-order valence-electron chi connectivity index (χ1n) is 5.68. The summed E-state index contributed by atoms with van der Waals surface area (Å²) in [5.74, 6) is 2.73. The van der Waals surface area contributed by atoms with Crippen LogP contribution in [-0.4, -0.2) is 10.1 Å². The van der Waals surface area contributed by atoms with Gasteiger partial charge >= 0.3 is 0 Å². The number of aromatic nitrogens is 2. The Morgan fingerprint density at radius 1 is 1.53 bits per heavy atom. The average molecular weight is 229 g/mol. The number of halogens is 1. The van der Waals surface area contributed by atoms with Crippen molar-refractivity contribution in [1.82, 2.24) is 10.1 Å². The molecular weight excluding hydrogens is 212 g/mol. The Morgan fingerprint density at radius 3 is 2.87 bits per heavy atom. The minimum atomic E-state index is -0.186. The highest BCUT2D eigenvalue weighted by Gasteiger charge is 2.28. The minimum absolute atomic E-state index is 0.186. The van der Waals surface area contributed by atoms with E-state index in [4.69, 9.17) is 16.1 Å². The fourth-order valence-corrected chi connectivity index (χ4v) is 2.34. The zero-order valence-electron chi connectivity index (χ0n) is 9.24. The monoisotopic (exact) mass is 228 g/mol. The second-order valence-electron chi connectivity index (χ2n) is 4.39. The summed E-state index contributed by atoms with van der Waals surface area (Å²) in [6.07, 6.45) is 4.94. The van der Waals surface area contributed by atoms with Crippen molar-refractivity contribution in [3.05, 3.63) is 11.7 Å². The summed E-state index contributed by atoms with van der Waals surface area (Å²) in [6.45, 7) is 4.10. The van der Waals surface area contributed by atoms with Crippen LogP contribution in [0.15, 0.2) is 4.52 Å². The Kier molecular flexibility index (Phi) is 3.29. The number of nitrogens with zero attached hydrogens (tertiary/aromatic N) is 2. The van der Waals surface area contributed by atoms with Gasteiger partial charge < -0.3 is 4.52 Å². The van der Waals surface area contributed by atoms with Crippen molar-refractivity contribution in [3.8, 4) is 0 Å². The highest BCUT2D eigenvalue weighted by molar-refractivity contribution is 6.20. The van der Waals surface area contributed by atoms with Crippen LogP contribution in [-0.2, 0) is 0 Å². The van der Waals surface area contributed by atoms with Crippen LogP contribution >= 0.6 is 11.6 Å².